The van der Waals surface area contributed by atoms with Crippen LogP contribution in [0.5, 0.6) is 0 Å². The largest absolute Gasteiger partial charge is 0.378 e. The molecule has 0 spiro atoms. The minimum Gasteiger partial charge on any atom is -0.378 e. The number of rotatable bonds is 5. The molecule has 2 aromatic rings. The van der Waals surface area contributed by atoms with Gasteiger partial charge in [0.25, 0.3) is 0 Å². The summed E-state index contributed by atoms with van der Waals surface area (Å²) >= 11 is 2.31. The van der Waals surface area contributed by atoms with Crippen molar-refractivity contribution in [2.75, 3.05) is 5.32 Å². The molecule has 0 amide bonds. The molecule has 90 valence electrons. The van der Waals surface area contributed by atoms with Gasteiger partial charge in [-0.1, -0.05) is 13.0 Å². The summed E-state index contributed by atoms with van der Waals surface area (Å²) in [6.07, 6.45) is 2.68. The summed E-state index contributed by atoms with van der Waals surface area (Å²) in [5.41, 5.74) is 1.11. The van der Waals surface area contributed by atoms with Crippen molar-refractivity contribution < 1.29 is 0 Å². The highest BCUT2D eigenvalue weighted by Gasteiger charge is 2.02. The molecule has 2 rings (SSSR count). The van der Waals surface area contributed by atoms with Gasteiger partial charge in [0.2, 0.25) is 0 Å². The van der Waals surface area contributed by atoms with Gasteiger partial charge >= 0.3 is 0 Å². The van der Waals surface area contributed by atoms with Crippen LogP contribution in [0.3, 0.4) is 0 Å². The normalized spacial score (nSPS) is 10.5. The van der Waals surface area contributed by atoms with Crippen LogP contribution in [-0.4, -0.2) is 14.8 Å². The quantitative estimate of drug-likeness (QED) is 0.850. The van der Waals surface area contributed by atoms with Gasteiger partial charge in [-0.2, -0.15) is 5.10 Å². The second kappa shape index (κ2) is 6.00. The Bertz CT molecular complexity index is 481. The van der Waals surface area contributed by atoms with Crippen molar-refractivity contribution in [2.45, 2.75) is 26.4 Å². The van der Waals surface area contributed by atoms with E-state index < -0.39 is 0 Å². The van der Waals surface area contributed by atoms with Crippen LogP contribution >= 0.6 is 22.6 Å². The van der Waals surface area contributed by atoms with Crippen molar-refractivity contribution in [3.63, 3.8) is 0 Å². The Morgan fingerprint density at radius 2 is 2.29 bits per heavy atom. The molecule has 0 aliphatic rings. The summed E-state index contributed by atoms with van der Waals surface area (Å²) < 4.78 is 3.17. The maximum atomic E-state index is 4.26. The van der Waals surface area contributed by atoms with Crippen LogP contribution in [0, 0.1) is 3.57 Å². The SMILES string of the molecule is CCCn1ncnc1CNc1cccc(I)c1. The predicted octanol–water partition coefficient (Wildman–Crippen LogP) is 2.90. The molecule has 0 fully saturated rings. The lowest BCUT2D eigenvalue weighted by Crippen LogP contribution is -2.10. The van der Waals surface area contributed by atoms with Crippen molar-refractivity contribution in [2.24, 2.45) is 0 Å². The van der Waals surface area contributed by atoms with Crippen molar-refractivity contribution >= 4 is 28.3 Å². The monoisotopic (exact) mass is 342 g/mol. The van der Waals surface area contributed by atoms with E-state index in [0.29, 0.717) is 6.54 Å². The zero-order valence-electron chi connectivity index (χ0n) is 9.73. The second-order valence-corrected chi connectivity index (χ2v) is 5.01. The molecule has 0 saturated heterocycles. The van der Waals surface area contributed by atoms with E-state index in [1.807, 2.05) is 10.7 Å². The molecule has 1 N–H and O–H groups in total. The molecule has 1 aromatic heterocycles. The molecule has 0 unspecified atom stereocenters. The van der Waals surface area contributed by atoms with E-state index in [1.54, 1.807) is 6.33 Å². The fourth-order valence-electron chi connectivity index (χ4n) is 1.60. The number of aryl methyl sites for hydroxylation is 1. The van der Waals surface area contributed by atoms with E-state index in [0.717, 1.165) is 24.5 Å². The molecule has 0 bridgehead atoms. The maximum absolute atomic E-state index is 4.26. The number of hydrogen-bond donors (Lipinski definition) is 1. The van der Waals surface area contributed by atoms with Gasteiger partial charge in [-0.05, 0) is 47.2 Å². The van der Waals surface area contributed by atoms with Crippen molar-refractivity contribution in [1.82, 2.24) is 14.8 Å². The lowest BCUT2D eigenvalue weighted by Gasteiger charge is -2.07. The number of nitrogens with one attached hydrogen (secondary N) is 1. The number of aromatic nitrogens is 3. The summed E-state index contributed by atoms with van der Waals surface area (Å²) in [7, 11) is 0. The molecule has 0 radical (unpaired) electrons. The van der Waals surface area contributed by atoms with Crippen LogP contribution in [0.15, 0.2) is 30.6 Å². The van der Waals surface area contributed by atoms with E-state index >= 15 is 0 Å². The third-order valence-corrected chi connectivity index (χ3v) is 3.08. The molecule has 4 nitrogen and oxygen atoms in total. The average molecular weight is 342 g/mol. The number of halogens is 1. The minimum absolute atomic E-state index is 0.708. The first kappa shape index (κ1) is 12.3. The van der Waals surface area contributed by atoms with Crippen LogP contribution in [0.25, 0.3) is 0 Å². The number of anilines is 1. The molecule has 0 aliphatic carbocycles. The maximum Gasteiger partial charge on any atom is 0.146 e. The highest BCUT2D eigenvalue weighted by atomic mass is 127. The Morgan fingerprint density at radius 1 is 1.41 bits per heavy atom. The van der Waals surface area contributed by atoms with Gasteiger partial charge in [0.15, 0.2) is 0 Å². The fraction of sp³-hybridized carbons (Fsp3) is 0.333. The summed E-state index contributed by atoms with van der Waals surface area (Å²) in [5.74, 6) is 0.978. The van der Waals surface area contributed by atoms with Crippen molar-refractivity contribution in [3.8, 4) is 0 Å². The Kier molecular flexibility index (Phi) is 4.36. The van der Waals surface area contributed by atoms with Gasteiger partial charge in [-0.15, -0.1) is 0 Å². The molecule has 0 saturated carbocycles. The van der Waals surface area contributed by atoms with E-state index in [1.165, 1.54) is 3.57 Å². The molecular formula is C12H15IN4. The first-order chi connectivity index (χ1) is 8.29. The average Bonchev–Trinajstić information content (AvgIpc) is 2.75. The Balaban J connectivity index is 1.99. The Hall–Kier alpha value is -1.11. The Labute approximate surface area is 115 Å². The zero-order valence-corrected chi connectivity index (χ0v) is 11.9. The molecule has 1 aromatic carbocycles. The van der Waals surface area contributed by atoms with E-state index in [2.05, 4.69) is 63.1 Å². The van der Waals surface area contributed by atoms with Gasteiger partial charge < -0.3 is 5.32 Å². The van der Waals surface area contributed by atoms with Crippen LogP contribution in [0.1, 0.15) is 19.2 Å². The molecule has 0 aliphatic heterocycles. The summed E-state index contributed by atoms with van der Waals surface area (Å²) in [6.45, 7) is 3.77. The zero-order chi connectivity index (χ0) is 12.1. The van der Waals surface area contributed by atoms with Gasteiger partial charge in [0.1, 0.15) is 12.2 Å². The van der Waals surface area contributed by atoms with E-state index in [-0.39, 0.29) is 0 Å². The third-order valence-electron chi connectivity index (χ3n) is 2.41. The van der Waals surface area contributed by atoms with Crippen LogP contribution in [0.4, 0.5) is 5.69 Å². The van der Waals surface area contributed by atoms with Crippen LogP contribution < -0.4 is 5.32 Å². The number of nitrogens with zero attached hydrogens (tertiary/aromatic N) is 3. The second-order valence-electron chi connectivity index (χ2n) is 3.76. The summed E-state index contributed by atoms with van der Waals surface area (Å²) in [4.78, 5) is 4.26. The standard InChI is InChI=1S/C12H15IN4/c1-2-6-17-12(15-9-16-17)8-14-11-5-3-4-10(13)7-11/h3-5,7,9,14H,2,6,8H2,1H3. The van der Waals surface area contributed by atoms with Crippen LogP contribution in [0.2, 0.25) is 0 Å². The lowest BCUT2D eigenvalue weighted by atomic mass is 10.3. The molecule has 5 heteroatoms. The van der Waals surface area contributed by atoms with E-state index in [4.69, 9.17) is 0 Å². The first-order valence-corrected chi connectivity index (χ1v) is 6.73. The van der Waals surface area contributed by atoms with Gasteiger partial charge in [0, 0.05) is 15.8 Å². The molecule has 0 atom stereocenters. The highest BCUT2D eigenvalue weighted by Crippen LogP contribution is 2.13. The van der Waals surface area contributed by atoms with Crippen LogP contribution in [-0.2, 0) is 13.1 Å². The van der Waals surface area contributed by atoms with Gasteiger partial charge in [-0.3, -0.25) is 0 Å². The van der Waals surface area contributed by atoms with Gasteiger partial charge in [-0.25, -0.2) is 9.67 Å². The van der Waals surface area contributed by atoms with E-state index in [9.17, 15) is 0 Å². The number of hydrogen-bond acceptors (Lipinski definition) is 3. The smallest absolute Gasteiger partial charge is 0.146 e. The summed E-state index contributed by atoms with van der Waals surface area (Å²) in [5, 5.41) is 7.56. The molecule has 1 heterocycles. The molecular weight excluding hydrogens is 327 g/mol. The third kappa shape index (κ3) is 3.42. The number of benzene rings is 1. The Morgan fingerprint density at radius 3 is 3.06 bits per heavy atom. The lowest BCUT2D eigenvalue weighted by molar-refractivity contribution is 0.574. The van der Waals surface area contributed by atoms with Crippen molar-refractivity contribution in [1.29, 1.82) is 0 Å². The topological polar surface area (TPSA) is 42.7 Å². The first-order valence-electron chi connectivity index (χ1n) is 5.65. The van der Waals surface area contributed by atoms with Gasteiger partial charge in [0.05, 0.1) is 6.54 Å². The summed E-state index contributed by atoms with van der Waals surface area (Å²) in [6, 6.07) is 8.29. The molecule has 17 heavy (non-hydrogen) atoms. The fourth-order valence-corrected chi connectivity index (χ4v) is 2.15. The highest BCUT2D eigenvalue weighted by molar-refractivity contribution is 14.1. The predicted molar refractivity (Wildman–Crippen MR) is 76.8 cm³/mol. The van der Waals surface area contributed by atoms with Crippen molar-refractivity contribution in [3.05, 3.63) is 40.0 Å². The minimum atomic E-state index is 0.708.